The van der Waals surface area contributed by atoms with E-state index in [1.165, 1.54) is 0 Å². The minimum absolute atomic E-state index is 0.347. The van der Waals surface area contributed by atoms with Gasteiger partial charge >= 0.3 is 0 Å². The Hall–Kier alpha value is -2.42. The van der Waals surface area contributed by atoms with Gasteiger partial charge < -0.3 is 4.74 Å². The van der Waals surface area contributed by atoms with Crippen molar-refractivity contribution in [2.75, 3.05) is 0 Å². The van der Waals surface area contributed by atoms with E-state index >= 15 is 0 Å². The largest absolute Gasteiger partial charge is 0.463 e. The number of fused-ring (bicyclic) bond motifs is 1. The fourth-order valence-corrected chi connectivity index (χ4v) is 1.76. The van der Waals surface area contributed by atoms with E-state index in [-0.39, 0.29) is 6.23 Å². The standard InChI is InChI=1S/C15H12N2O/c1-2-7-13(8-3-1)16-17-15-11-10-12-6-4-5-9-14(12)18-15/h1-11,15H. The van der Waals surface area contributed by atoms with Crippen LogP contribution in [0.15, 0.2) is 70.9 Å². The summed E-state index contributed by atoms with van der Waals surface area (Å²) in [5.41, 5.74) is 1.90. The average Bonchev–Trinajstić information content (AvgIpc) is 2.46. The van der Waals surface area contributed by atoms with Crippen molar-refractivity contribution >= 4 is 11.8 Å². The van der Waals surface area contributed by atoms with E-state index in [1.54, 1.807) is 0 Å². The Morgan fingerprint density at radius 1 is 0.889 bits per heavy atom. The fourth-order valence-electron chi connectivity index (χ4n) is 1.76. The molecule has 1 atom stereocenters. The first kappa shape index (κ1) is 10.7. The minimum Gasteiger partial charge on any atom is -0.463 e. The SMILES string of the molecule is C1=CC(N=Nc2ccccc2)Oc2ccccc21. The molecule has 3 heteroatoms. The van der Waals surface area contributed by atoms with Crippen molar-refractivity contribution < 1.29 is 4.74 Å². The Balaban J connectivity index is 1.76. The Kier molecular flexibility index (Phi) is 2.88. The molecule has 2 aromatic rings. The lowest BCUT2D eigenvalue weighted by molar-refractivity contribution is 0.248. The number of hydrogen-bond acceptors (Lipinski definition) is 3. The maximum atomic E-state index is 5.71. The van der Waals surface area contributed by atoms with Crippen molar-refractivity contribution in [2.24, 2.45) is 10.2 Å². The molecule has 0 radical (unpaired) electrons. The number of rotatable bonds is 2. The van der Waals surface area contributed by atoms with Gasteiger partial charge in [0.15, 0.2) is 0 Å². The van der Waals surface area contributed by atoms with Crippen LogP contribution in [0.25, 0.3) is 6.08 Å². The maximum Gasteiger partial charge on any atom is 0.228 e. The van der Waals surface area contributed by atoms with Crippen molar-refractivity contribution in [3.63, 3.8) is 0 Å². The lowest BCUT2D eigenvalue weighted by Crippen LogP contribution is -2.13. The quantitative estimate of drug-likeness (QED) is 0.719. The molecule has 0 aliphatic carbocycles. The van der Waals surface area contributed by atoms with E-state index in [9.17, 15) is 0 Å². The summed E-state index contributed by atoms with van der Waals surface area (Å²) in [5, 5.41) is 8.32. The molecular weight excluding hydrogens is 224 g/mol. The summed E-state index contributed by atoms with van der Waals surface area (Å²) in [6.07, 6.45) is 3.56. The van der Waals surface area contributed by atoms with Crippen LogP contribution >= 0.6 is 0 Å². The van der Waals surface area contributed by atoms with Gasteiger partial charge in [0.2, 0.25) is 6.23 Å². The van der Waals surface area contributed by atoms with Gasteiger partial charge in [0.05, 0.1) is 5.69 Å². The van der Waals surface area contributed by atoms with Gasteiger partial charge in [0.1, 0.15) is 5.75 Å². The Morgan fingerprint density at radius 2 is 1.67 bits per heavy atom. The smallest absolute Gasteiger partial charge is 0.228 e. The molecule has 88 valence electrons. The molecule has 0 amide bonds. The zero-order chi connectivity index (χ0) is 12.2. The van der Waals surface area contributed by atoms with Crippen LogP contribution in [0.2, 0.25) is 0 Å². The number of hydrogen-bond donors (Lipinski definition) is 0. The van der Waals surface area contributed by atoms with Crippen LogP contribution in [0.4, 0.5) is 5.69 Å². The molecular formula is C15H12N2O. The number of azo groups is 1. The Bertz CT molecular complexity index is 590. The zero-order valence-electron chi connectivity index (χ0n) is 9.73. The summed E-state index contributed by atoms with van der Waals surface area (Å²) < 4.78 is 5.71. The summed E-state index contributed by atoms with van der Waals surface area (Å²) in [7, 11) is 0. The van der Waals surface area contributed by atoms with Crippen LogP contribution in [0.5, 0.6) is 5.75 Å². The normalized spacial score (nSPS) is 17.4. The second kappa shape index (κ2) is 4.84. The lowest BCUT2D eigenvalue weighted by Gasteiger charge is -2.16. The molecule has 0 saturated carbocycles. The zero-order valence-corrected chi connectivity index (χ0v) is 9.73. The van der Waals surface area contributed by atoms with Gasteiger partial charge in [-0.2, -0.15) is 5.11 Å². The third-order valence-corrected chi connectivity index (χ3v) is 2.65. The van der Waals surface area contributed by atoms with Gasteiger partial charge in [-0.15, -0.1) is 5.11 Å². The maximum absolute atomic E-state index is 5.71. The van der Waals surface area contributed by atoms with E-state index in [0.29, 0.717) is 0 Å². The van der Waals surface area contributed by atoms with Gasteiger partial charge in [-0.25, -0.2) is 0 Å². The van der Waals surface area contributed by atoms with Crippen molar-refractivity contribution in [2.45, 2.75) is 6.23 Å². The monoisotopic (exact) mass is 236 g/mol. The molecule has 0 fully saturated rings. The summed E-state index contributed by atoms with van der Waals surface area (Å²) >= 11 is 0. The fraction of sp³-hybridized carbons (Fsp3) is 0.0667. The first-order valence-corrected chi connectivity index (χ1v) is 5.82. The highest BCUT2D eigenvalue weighted by Crippen LogP contribution is 2.26. The van der Waals surface area contributed by atoms with Crippen LogP contribution in [0.1, 0.15) is 5.56 Å². The van der Waals surface area contributed by atoms with Gasteiger partial charge in [-0.1, -0.05) is 36.4 Å². The molecule has 1 unspecified atom stereocenters. The molecule has 3 nitrogen and oxygen atoms in total. The second-order valence-electron chi connectivity index (χ2n) is 3.96. The number of ether oxygens (including phenoxy) is 1. The molecule has 0 N–H and O–H groups in total. The van der Waals surface area contributed by atoms with Crippen molar-refractivity contribution in [1.29, 1.82) is 0 Å². The molecule has 0 spiro atoms. The molecule has 0 saturated heterocycles. The Labute approximate surface area is 105 Å². The van der Waals surface area contributed by atoms with Gasteiger partial charge in [-0.05, 0) is 30.4 Å². The predicted octanol–water partition coefficient (Wildman–Crippen LogP) is 4.20. The summed E-state index contributed by atoms with van der Waals surface area (Å²) in [4.78, 5) is 0. The third kappa shape index (κ3) is 2.30. The highest BCUT2D eigenvalue weighted by Gasteiger charge is 2.12. The van der Waals surface area contributed by atoms with E-state index in [0.717, 1.165) is 17.0 Å². The molecule has 0 bridgehead atoms. The van der Waals surface area contributed by atoms with Crippen LogP contribution in [0.3, 0.4) is 0 Å². The lowest BCUT2D eigenvalue weighted by atomic mass is 10.1. The highest BCUT2D eigenvalue weighted by molar-refractivity contribution is 5.59. The van der Waals surface area contributed by atoms with E-state index in [1.807, 2.05) is 66.7 Å². The average molecular weight is 236 g/mol. The number of nitrogens with zero attached hydrogens (tertiary/aromatic N) is 2. The molecule has 2 aromatic carbocycles. The Morgan fingerprint density at radius 3 is 2.56 bits per heavy atom. The highest BCUT2D eigenvalue weighted by atomic mass is 16.5. The summed E-state index contributed by atoms with van der Waals surface area (Å²) in [5.74, 6) is 0.844. The van der Waals surface area contributed by atoms with Crippen LogP contribution in [-0.4, -0.2) is 6.23 Å². The van der Waals surface area contributed by atoms with Crippen molar-refractivity contribution in [3.8, 4) is 5.75 Å². The van der Waals surface area contributed by atoms with Crippen molar-refractivity contribution in [3.05, 3.63) is 66.2 Å². The first-order valence-electron chi connectivity index (χ1n) is 5.82. The van der Waals surface area contributed by atoms with Gasteiger partial charge in [0.25, 0.3) is 0 Å². The molecule has 18 heavy (non-hydrogen) atoms. The van der Waals surface area contributed by atoms with Crippen molar-refractivity contribution in [1.82, 2.24) is 0 Å². The third-order valence-electron chi connectivity index (χ3n) is 2.65. The van der Waals surface area contributed by atoms with Gasteiger partial charge in [0, 0.05) is 5.56 Å². The van der Waals surface area contributed by atoms with E-state index in [4.69, 9.17) is 4.74 Å². The molecule has 0 aromatic heterocycles. The predicted molar refractivity (Wildman–Crippen MR) is 70.9 cm³/mol. The topological polar surface area (TPSA) is 34.0 Å². The van der Waals surface area contributed by atoms with Crippen LogP contribution in [0, 0.1) is 0 Å². The summed E-state index contributed by atoms with van der Waals surface area (Å²) in [6, 6.07) is 17.5. The first-order chi connectivity index (χ1) is 8.92. The molecule has 1 aliphatic heterocycles. The van der Waals surface area contributed by atoms with E-state index in [2.05, 4.69) is 10.2 Å². The van der Waals surface area contributed by atoms with E-state index < -0.39 is 0 Å². The van der Waals surface area contributed by atoms with Crippen LogP contribution < -0.4 is 4.74 Å². The minimum atomic E-state index is -0.347. The van der Waals surface area contributed by atoms with Crippen LogP contribution in [-0.2, 0) is 0 Å². The molecule has 3 rings (SSSR count). The molecule has 1 aliphatic rings. The molecule has 1 heterocycles. The van der Waals surface area contributed by atoms with Gasteiger partial charge in [-0.3, -0.25) is 0 Å². The second-order valence-corrected chi connectivity index (χ2v) is 3.96. The number of para-hydroxylation sites is 1. The number of benzene rings is 2. The summed E-state index contributed by atoms with van der Waals surface area (Å²) in [6.45, 7) is 0.